The molecule has 5 rings (SSSR count). The number of fused-ring (bicyclic) bond motifs is 1. The number of amides is 2. The number of hydrogen-bond acceptors (Lipinski definition) is 6. The number of nitrogens with one attached hydrogen (secondary N) is 1. The summed E-state index contributed by atoms with van der Waals surface area (Å²) in [6.45, 7) is 3.85. The van der Waals surface area contributed by atoms with E-state index >= 15 is 0 Å². The molecular weight excluding hydrogens is 506 g/mol. The fourth-order valence-electron chi connectivity index (χ4n) is 3.98. The number of aryl methyl sites for hydroxylation is 2. The van der Waals surface area contributed by atoms with E-state index in [1.165, 1.54) is 20.2 Å². The van der Waals surface area contributed by atoms with E-state index in [9.17, 15) is 13.2 Å². The fourth-order valence-corrected chi connectivity index (χ4v) is 6.26. The van der Waals surface area contributed by atoms with Crippen molar-refractivity contribution in [2.45, 2.75) is 18.7 Å². The third-order valence-electron chi connectivity index (χ3n) is 5.93. The summed E-state index contributed by atoms with van der Waals surface area (Å²) in [5.74, 6) is 0. The Balaban J connectivity index is 1.57. The van der Waals surface area contributed by atoms with Crippen LogP contribution < -0.4 is 5.32 Å². The summed E-state index contributed by atoms with van der Waals surface area (Å²) < 4.78 is 28.0. The number of benzene rings is 2. The van der Waals surface area contributed by atoms with Gasteiger partial charge in [-0.3, -0.25) is 0 Å². The monoisotopic (exact) mass is 531 g/mol. The van der Waals surface area contributed by atoms with Gasteiger partial charge in [0.2, 0.25) is 0 Å². The average molecular weight is 532 g/mol. The van der Waals surface area contributed by atoms with Gasteiger partial charge in [-0.15, -0.1) is 11.3 Å². The number of hydrogen-bond donors (Lipinski definition) is 1. The highest BCUT2D eigenvalue weighted by Gasteiger charge is 2.23. The van der Waals surface area contributed by atoms with Gasteiger partial charge in [-0.25, -0.2) is 27.2 Å². The number of anilines is 1. The van der Waals surface area contributed by atoms with Crippen LogP contribution in [0.4, 0.5) is 10.5 Å². The highest BCUT2D eigenvalue weighted by atomic mass is 32.2. The van der Waals surface area contributed by atoms with Crippen LogP contribution in [0.3, 0.4) is 0 Å². The van der Waals surface area contributed by atoms with E-state index < -0.39 is 10.0 Å². The zero-order valence-corrected chi connectivity index (χ0v) is 22.4. The van der Waals surface area contributed by atoms with Gasteiger partial charge < -0.3 is 10.2 Å². The van der Waals surface area contributed by atoms with E-state index in [0.29, 0.717) is 11.3 Å². The Kier molecular flexibility index (Phi) is 6.30. The second kappa shape index (κ2) is 9.45. The minimum absolute atomic E-state index is 0.206. The van der Waals surface area contributed by atoms with Gasteiger partial charge in [-0.1, -0.05) is 29.8 Å². The quantitative estimate of drug-likeness (QED) is 0.310. The van der Waals surface area contributed by atoms with Gasteiger partial charge in [0.05, 0.1) is 20.5 Å². The van der Waals surface area contributed by atoms with Crippen molar-refractivity contribution in [1.29, 1.82) is 0 Å². The molecule has 10 heteroatoms. The molecule has 0 fully saturated rings. The molecule has 0 spiro atoms. The number of pyridine rings is 1. The number of aromatic nitrogens is 3. The van der Waals surface area contributed by atoms with Gasteiger partial charge in [-0.05, 0) is 50.2 Å². The van der Waals surface area contributed by atoms with Crippen LogP contribution in [-0.2, 0) is 10.0 Å². The molecule has 3 heterocycles. The second-order valence-electron chi connectivity index (χ2n) is 8.84. The lowest BCUT2D eigenvalue weighted by Crippen LogP contribution is -2.27. The Hall–Kier alpha value is -4.02. The number of thiazole rings is 1. The Morgan fingerprint density at radius 3 is 2.35 bits per heavy atom. The number of urea groups is 1. The molecule has 2 aromatic carbocycles. The fraction of sp³-hybridized carbons (Fsp3) is 0.148. The summed E-state index contributed by atoms with van der Waals surface area (Å²) in [5.41, 5.74) is 4.55. The van der Waals surface area contributed by atoms with E-state index in [1.807, 2.05) is 44.2 Å². The van der Waals surface area contributed by atoms with E-state index in [1.54, 1.807) is 56.8 Å². The number of rotatable bonds is 5. The molecule has 3 aromatic heterocycles. The molecule has 5 aromatic rings. The average Bonchev–Trinajstić information content (AvgIpc) is 3.49. The lowest BCUT2D eigenvalue weighted by atomic mass is 10.1. The summed E-state index contributed by atoms with van der Waals surface area (Å²) in [5, 5.41) is 4.43. The highest BCUT2D eigenvalue weighted by molar-refractivity contribution is 7.90. The van der Waals surface area contributed by atoms with Crippen molar-refractivity contribution in [3.05, 3.63) is 83.6 Å². The molecule has 188 valence electrons. The van der Waals surface area contributed by atoms with E-state index in [-0.39, 0.29) is 10.9 Å². The number of carbonyl (C=O) groups is 1. The molecule has 1 N–H and O–H groups in total. The molecule has 0 aliphatic heterocycles. The predicted octanol–water partition coefficient (Wildman–Crippen LogP) is 5.77. The molecule has 0 aliphatic rings. The predicted molar refractivity (Wildman–Crippen MR) is 147 cm³/mol. The lowest BCUT2D eigenvalue weighted by Gasteiger charge is -2.12. The molecular formula is C27H25N5O3S2. The Labute approximate surface area is 219 Å². The SMILES string of the molecule is Cc1ccc(S(=O)(=O)n2ccc3c(-c4sc(C)nc4-c4ccc(NC(=O)N(C)C)cc4)ccnc32)cc1. The van der Waals surface area contributed by atoms with Crippen LogP contribution >= 0.6 is 11.3 Å². The maximum absolute atomic E-state index is 13.4. The largest absolute Gasteiger partial charge is 0.331 e. The van der Waals surface area contributed by atoms with Crippen LogP contribution in [0.1, 0.15) is 10.6 Å². The zero-order valence-electron chi connectivity index (χ0n) is 20.8. The lowest BCUT2D eigenvalue weighted by molar-refractivity contribution is 0.230. The molecule has 0 saturated carbocycles. The zero-order chi connectivity index (χ0) is 26.3. The molecule has 0 bridgehead atoms. The molecule has 0 atom stereocenters. The first-order valence-electron chi connectivity index (χ1n) is 11.5. The van der Waals surface area contributed by atoms with E-state index in [0.717, 1.165) is 37.7 Å². The first-order chi connectivity index (χ1) is 17.6. The molecule has 2 amide bonds. The van der Waals surface area contributed by atoms with Crippen molar-refractivity contribution in [2.24, 2.45) is 0 Å². The molecule has 0 radical (unpaired) electrons. The normalized spacial score (nSPS) is 11.6. The van der Waals surface area contributed by atoms with Crippen LogP contribution in [0.15, 0.2) is 78.0 Å². The van der Waals surface area contributed by atoms with Crippen LogP contribution in [0, 0.1) is 13.8 Å². The Morgan fingerprint density at radius 2 is 1.68 bits per heavy atom. The topological polar surface area (TPSA) is 97.2 Å². The van der Waals surface area contributed by atoms with Crippen LogP contribution in [0.5, 0.6) is 0 Å². The molecule has 0 unspecified atom stereocenters. The van der Waals surface area contributed by atoms with Gasteiger partial charge in [0, 0.05) is 48.7 Å². The minimum atomic E-state index is -3.81. The summed E-state index contributed by atoms with van der Waals surface area (Å²) in [6.07, 6.45) is 3.17. The van der Waals surface area contributed by atoms with Crippen molar-refractivity contribution in [2.75, 3.05) is 19.4 Å². The second-order valence-corrected chi connectivity index (χ2v) is 11.9. The number of nitrogens with zero attached hydrogens (tertiary/aromatic N) is 4. The van der Waals surface area contributed by atoms with Crippen molar-refractivity contribution in [3.8, 4) is 21.7 Å². The van der Waals surface area contributed by atoms with Gasteiger partial charge >= 0.3 is 6.03 Å². The third-order valence-corrected chi connectivity index (χ3v) is 8.61. The van der Waals surface area contributed by atoms with Gasteiger partial charge in [0.15, 0.2) is 5.65 Å². The molecule has 8 nitrogen and oxygen atoms in total. The van der Waals surface area contributed by atoms with E-state index in [2.05, 4.69) is 10.3 Å². The van der Waals surface area contributed by atoms with Crippen molar-refractivity contribution in [3.63, 3.8) is 0 Å². The van der Waals surface area contributed by atoms with Gasteiger partial charge in [0.25, 0.3) is 10.0 Å². The third kappa shape index (κ3) is 4.61. The van der Waals surface area contributed by atoms with Crippen molar-refractivity contribution in [1.82, 2.24) is 18.8 Å². The first-order valence-corrected chi connectivity index (χ1v) is 13.8. The summed E-state index contributed by atoms with van der Waals surface area (Å²) in [6, 6.07) is 17.7. The molecule has 37 heavy (non-hydrogen) atoms. The smallest absolute Gasteiger partial charge is 0.321 e. The van der Waals surface area contributed by atoms with Crippen molar-refractivity contribution >= 4 is 44.1 Å². The van der Waals surface area contributed by atoms with Crippen LogP contribution in [0.2, 0.25) is 0 Å². The van der Waals surface area contributed by atoms with Crippen LogP contribution in [0.25, 0.3) is 32.7 Å². The number of carbonyl (C=O) groups excluding carboxylic acids is 1. The first kappa shape index (κ1) is 24.7. The summed E-state index contributed by atoms with van der Waals surface area (Å²) in [7, 11) is -0.445. The summed E-state index contributed by atoms with van der Waals surface area (Å²) >= 11 is 1.54. The van der Waals surface area contributed by atoms with Crippen LogP contribution in [-0.4, -0.2) is 47.4 Å². The highest BCUT2D eigenvalue weighted by Crippen LogP contribution is 2.40. The minimum Gasteiger partial charge on any atom is -0.331 e. The van der Waals surface area contributed by atoms with Gasteiger partial charge in [-0.2, -0.15) is 0 Å². The van der Waals surface area contributed by atoms with Crippen molar-refractivity contribution < 1.29 is 13.2 Å². The maximum Gasteiger partial charge on any atom is 0.321 e. The molecule has 0 aliphatic carbocycles. The maximum atomic E-state index is 13.4. The van der Waals surface area contributed by atoms with Gasteiger partial charge in [0.1, 0.15) is 0 Å². The standard InChI is InChI=1S/C27H25N5O3S2/c1-17-5-11-21(12-6-17)37(34,35)32-16-14-23-22(13-15-28-26(23)32)25-24(29-18(2)36-25)19-7-9-20(10-8-19)30-27(33)31(3)4/h5-16H,1-4H3,(H,30,33). The molecule has 0 saturated heterocycles. The Bertz CT molecular complexity index is 1720. The summed E-state index contributed by atoms with van der Waals surface area (Å²) in [4.78, 5) is 23.8. The Morgan fingerprint density at radius 1 is 0.973 bits per heavy atom. The van der Waals surface area contributed by atoms with E-state index in [4.69, 9.17) is 4.98 Å².